The van der Waals surface area contributed by atoms with Gasteiger partial charge in [-0.25, -0.2) is 0 Å². The smallest absolute Gasteiger partial charge is 0.317 e. The van der Waals surface area contributed by atoms with Gasteiger partial charge in [-0.1, -0.05) is 30.7 Å². The van der Waals surface area contributed by atoms with E-state index in [-0.39, 0.29) is 5.78 Å². The van der Waals surface area contributed by atoms with Crippen molar-refractivity contribution in [1.82, 2.24) is 0 Å². The molecular formula is C15H17ClO3. The van der Waals surface area contributed by atoms with Gasteiger partial charge in [0.15, 0.2) is 5.78 Å². The maximum Gasteiger partial charge on any atom is 0.317 e. The monoisotopic (exact) mass is 280 g/mol. The largest absolute Gasteiger partial charge is 0.456 e. The van der Waals surface area contributed by atoms with E-state index in [9.17, 15) is 9.59 Å². The molecule has 2 rings (SSSR count). The van der Waals surface area contributed by atoms with Crippen molar-refractivity contribution in [3.63, 3.8) is 0 Å². The van der Waals surface area contributed by atoms with E-state index in [0.29, 0.717) is 11.4 Å². The minimum Gasteiger partial charge on any atom is -0.456 e. The molecule has 0 aliphatic carbocycles. The molecule has 0 saturated carbocycles. The van der Waals surface area contributed by atoms with Crippen LogP contribution in [-0.2, 0) is 14.3 Å². The van der Waals surface area contributed by atoms with Crippen LogP contribution in [0, 0.1) is 11.3 Å². The van der Waals surface area contributed by atoms with Crippen LogP contribution in [0.4, 0.5) is 0 Å². The summed E-state index contributed by atoms with van der Waals surface area (Å²) in [4.78, 5) is 24.3. The molecule has 1 aliphatic heterocycles. The molecule has 3 nitrogen and oxygen atoms in total. The summed E-state index contributed by atoms with van der Waals surface area (Å²) in [7, 11) is 0. The molecule has 0 amide bonds. The Morgan fingerprint density at radius 3 is 2.32 bits per heavy atom. The molecule has 1 heterocycles. The zero-order valence-corrected chi connectivity index (χ0v) is 12.0. The molecule has 1 fully saturated rings. The van der Waals surface area contributed by atoms with E-state index in [0.717, 1.165) is 5.56 Å². The number of hydrogen-bond donors (Lipinski definition) is 0. The van der Waals surface area contributed by atoms with Crippen LogP contribution in [0.5, 0.6) is 0 Å². The number of ketones is 1. The van der Waals surface area contributed by atoms with Crippen LogP contribution in [0.1, 0.15) is 38.9 Å². The van der Waals surface area contributed by atoms with Crippen molar-refractivity contribution in [2.75, 3.05) is 0 Å². The van der Waals surface area contributed by atoms with Crippen molar-refractivity contribution in [1.29, 1.82) is 0 Å². The van der Waals surface area contributed by atoms with Crippen LogP contribution in [0.3, 0.4) is 0 Å². The van der Waals surface area contributed by atoms with Crippen molar-refractivity contribution < 1.29 is 14.3 Å². The quantitative estimate of drug-likeness (QED) is 0.614. The van der Waals surface area contributed by atoms with E-state index < -0.39 is 23.4 Å². The lowest BCUT2D eigenvalue weighted by Crippen LogP contribution is -2.47. The van der Waals surface area contributed by atoms with Gasteiger partial charge in [0.2, 0.25) is 0 Å². The molecule has 4 heteroatoms. The van der Waals surface area contributed by atoms with Crippen molar-refractivity contribution >= 4 is 23.4 Å². The van der Waals surface area contributed by atoms with Gasteiger partial charge in [-0.05, 0) is 38.0 Å². The Labute approximate surface area is 117 Å². The Bertz CT molecular complexity index is 505. The van der Waals surface area contributed by atoms with Gasteiger partial charge >= 0.3 is 5.97 Å². The van der Waals surface area contributed by atoms with Crippen LogP contribution >= 0.6 is 11.6 Å². The average Bonchev–Trinajstić information content (AvgIpc) is 2.36. The van der Waals surface area contributed by atoms with Crippen LogP contribution in [0.15, 0.2) is 24.3 Å². The number of carbonyl (C=O) groups is 2. The Morgan fingerprint density at radius 1 is 1.21 bits per heavy atom. The Morgan fingerprint density at radius 2 is 1.79 bits per heavy atom. The molecule has 1 aliphatic rings. The Balaban J connectivity index is 2.38. The van der Waals surface area contributed by atoms with Crippen molar-refractivity contribution in [2.45, 2.75) is 33.3 Å². The van der Waals surface area contributed by atoms with Crippen LogP contribution in [-0.4, -0.2) is 11.8 Å². The number of Topliss-reactive ketones (excluding diaryl/α,β-unsaturated/α-hetero) is 1. The summed E-state index contributed by atoms with van der Waals surface area (Å²) in [6.07, 6.45) is -0.0680. The summed E-state index contributed by atoms with van der Waals surface area (Å²) in [5, 5.41) is 0.612. The number of cyclic esters (lactones) is 1. The van der Waals surface area contributed by atoms with E-state index in [1.807, 2.05) is 20.8 Å². The molecule has 0 spiro atoms. The summed E-state index contributed by atoms with van der Waals surface area (Å²) in [5.41, 5.74) is 0.0771. The predicted molar refractivity (Wildman–Crippen MR) is 72.9 cm³/mol. The molecule has 1 saturated heterocycles. The van der Waals surface area contributed by atoms with Crippen molar-refractivity contribution in [3.05, 3.63) is 34.9 Å². The second kappa shape index (κ2) is 4.97. The van der Waals surface area contributed by atoms with Crippen molar-refractivity contribution in [3.8, 4) is 0 Å². The molecule has 19 heavy (non-hydrogen) atoms. The van der Waals surface area contributed by atoms with Gasteiger partial charge in [0.05, 0.1) is 5.41 Å². The topological polar surface area (TPSA) is 43.4 Å². The van der Waals surface area contributed by atoms with E-state index in [2.05, 4.69) is 0 Å². The van der Waals surface area contributed by atoms with E-state index in [1.54, 1.807) is 24.3 Å². The van der Waals surface area contributed by atoms with Crippen molar-refractivity contribution in [2.24, 2.45) is 11.3 Å². The maximum atomic E-state index is 12.4. The lowest BCUT2D eigenvalue weighted by molar-refractivity contribution is -0.178. The Hall–Kier alpha value is -1.35. The summed E-state index contributed by atoms with van der Waals surface area (Å²) in [5.74, 6) is -1.11. The number of rotatable bonds is 2. The van der Waals surface area contributed by atoms with Gasteiger partial charge in [0.25, 0.3) is 0 Å². The molecular weight excluding hydrogens is 264 g/mol. The van der Waals surface area contributed by atoms with Gasteiger partial charge in [-0.2, -0.15) is 0 Å². The average molecular weight is 281 g/mol. The van der Waals surface area contributed by atoms with Crippen LogP contribution in [0.2, 0.25) is 5.02 Å². The fourth-order valence-electron chi connectivity index (χ4n) is 2.51. The third kappa shape index (κ3) is 2.39. The second-order valence-electron chi connectivity index (χ2n) is 5.42. The molecule has 0 bridgehead atoms. The van der Waals surface area contributed by atoms with E-state index >= 15 is 0 Å². The Kier molecular flexibility index (Phi) is 3.68. The van der Waals surface area contributed by atoms with Gasteiger partial charge in [0, 0.05) is 5.02 Å². The molecule has 102 valence electrons. The maximum absolute atomic E-state index is 12.4. The number of hydrogen-bond acceptors (Lipinski definition) is 3. The lowest BCUT2D eigenvalue weighted by Gasteiger charge is -2.39. The van der Waals surface area contributed by atoms with Gasteiger partial charge in [-0.15, -0.1) is 0 Å². The lowest BCUT2D eigenvalue weighted by atomic mass is 9.72. The summed E-state index contributed by atoms with van der Waals surface area (Å²) < 4.78 is 5.50. The van der Waals surface area contributed by atoms with E-state index in [1.165, 1.54) is 0 Å². The predicted octanol–water partition coefficient (Wildman–Crippen LogP) is 3.56. The molecule has 0 aromatic heterocycles. The molecule has 0 unspecified atom stereocenters. The van der Waals surface area contributed by atoms with Gasteiger partial charge < -0.3 is 4.74 Å². The minimum absolute atomic E-state index is 0.0498. The van der Waals surface area contributed by atoms with E-state index in [4.69, 9.17) is 16.3 Å². The van der Waals surface area contributed by atoms with Crippen LogP contribution in [0.25, 0.3) is 0 Å². The second-order valence-corrected chi connectivity index (χ2v) is 5.85. The third-order valence-corrected chi connectivity index (χ3v) is 3.96. The highest BCUT2D eigenvalue weighted by atomic mass is 35.5. The van der Waals surface area contributed by atoms with Gasteiger partial charge in [0.1, 0.15) is 12.0 Å². The first kappa shape index (κ1) is 14.1. The molecule has 1 aromatic carbocycles. The zero-order chi connectivity index (χ0) is 14.2. The highest BCUT2D eigenvalue weighted by Gasteiger charge is 2.50. The first-order valence-corrected chi connectivity index (χ1v) is 6.76. The summed E-state index contributed by atoms with van der Waals surface area (Å²) >= 11 is 5.85. The molecule has 1 aromatic rings. The fraction of sp³-hybridized carbons (Fsp3) is 0.467. The number of halogens is 1. The summed E-state index contributed by atoms with van der Waals surface area (Å²) in [6, 6.07) is 7.05. The highest BCUT2D eigenvalue weighted by molar-refractivity contribution is 6.30. The van der Waals surface area contributed by atoms with Crippen LogP contribution < -0.4 is 0 Å². The standard InChI is InChI=1S/C15H17ClO3/c1-4-11-12(17)15(2,3)13(19-14(11)18)9-5-7-10(16)8-6-9/h5-8,11,13H,4H2,1-3H3/t11-,13+/m1/s1. The first-order valence-electron chi connectivity index (χ1n) is 6.38. The van der Waals surface area contributed by atoms with Gasteiger partial charge in [-0.3, -0.25) is 9.59 Å². The normalized spacial score (nSPS) is 26.1. The number of ether oxygens (including phenoxy) is 1. The minimum atomic E-state index is -0.720. The SMILES string of the molecule is CC[C@H]1C(=O)O[C@@H](c2ccc(Cl)cc2)C(C)(C)C1=O. The number of carbonyl (C=O) groups excluding carboxylic acids is 2. The zero-order valence-electron chi connectivity index (χ0n) is 11.3. The number of esters is 1. The highest BCUT2D eigenvalue weighted by Crippen LogP contribution is 2.44. The molecule has 0 N–H and O–H groups in total. The number of benzene rings is 1. The fourth-order valence-corrected chi connectivity index (χ4v) is 2.63. The molecule has 0 radical (unpaired) electrons. The summed E-state index contributed by atoms with van der Waals surface area (Å²) in [6.45, 7) is 5.47. The first-order chi connectivity index (χ1) is 8.87. The molecule has 2 atom stereocenters. The third-order valence-electron chi connectivity index (χ3n) is 3.71.